The molecule has 0 fully saturated rings. The Morgan fingerprint density at radius 1 is 0.739 bits per heavy atom. The summed E-state index contributed by atoms with van der Waals surface area (Å²) in [7, 11) is 0. The van der Waals surface area contributed by atoms with Crippen LogP contribution in [-0.2, 0) is 0 Å². The molecule has 2 nitrogen and oxygen atoms in total. The lowest BCUT2D eigenvalue weighted by Gasteiger charge is -2.13. The van der Waals surface area contributed by atoms with Crippen molar-refractivity contribution in [3.63, 3.8) is 0 Å². The van der Waals surface area contributed by atoms with Gasteiger partial charge in [0.25, 0.3) is 0 Å². The van der Waals surface area contributed by atoms with E-state index in [1.54, 1.807) is 6.07 Å². The molecule has 0 aromatic heterocycles. The van der Waals surface area contributed by atoms with Crippen LogP contribution in [-0.4, -0.2) is 13.2 Å². The van der Waals surface area contributed by atoms with Crippen LogP contribution in [0.5, 0.6) is 11.5 Å². The first-order valence-electron chi connectivity index (χ1n) is 7.76. The second-order valence-corrected chi connectivity index (χ2v) is 5.68. The minimum atomic E-state index is -0.256. The average Bonchev–Trinajstić information content (AvgIpc) is 2.46. The molecule has 0 unspecified atom stereocenters. The molecule has 2 aromatic carbocycles. The van der Waals surface area contributed by atoms with Gasteiger partial charge in [-0.3, -0.25) is 0 Å². The number of hydrogen-bond acceptors (Lipinski definition) is 2. The molecular weight excluding hydrogens is 298 g/mol. The fourth-order valence-electron chi connectivity index (χ4n) is 2.46. The Labute approximate surface area is 136 Å². The van der Waals surface area contributed by atoms with Gasteiger partial charge in [-0.2, -0.15) is 0 Å². The first-order valence-corrected chi connectivity index (χ1v) is 7.76. The Morgan fingerprint density at radius 2 is 1.30 bits per heavy atom. The number of benzene rings is 2. The molecule has 124 valence electrons. The SMILES string of the molecule is Cc1cc(F)ccc1OCCCCOc1c(C)cc(F)cc1C. The molecule has 0 atom stereocenters. The number of aryl methyl sites for hydroxylation is 3. The van der Waals surface area contributed by atoms with Gasteiger partial charge in [0.2, 0.25) is 0 Å². The maximum absolute atomic E-state index is 13.2. The molecule has 0 radical (unpaired) electrons. The number of ether oxygens (including phenoxy) is 2. The summed E-state index contributed by atoms with van der Waals surface area (Å²) in [5.41, 5.74) is 2.40. The van der Waals surface area contributed by atoms with Crippen molar-refractivity contribution in [1.82, 2.24) is 0 Å². The van der Waals surface area contributed by atoms with Gasteiger partial charge in [0.05, 0.1) is 13.2 Å². The molecule has 0 N–H and O–H groups in total. The van der Waals surface area contributed by atoms with Gasteiger partial charge in [-0.15, -0.1) is 0 Å². The van der Waals surface area contributed by atoms with Crippen LogP contribution >= 0.6 is 0 Å². The highest BCUT2D eigenvalue weighted by molar-refractivity contribution is 5.40. The number of halogens is 2. The summed E-state index contributed by atoms with van der Waals surface area (Å²) >= 11 is 0. The molecule has 0 amide bonds. The zero-order chi connectivity index (χ0) is 16.8. The molecule has 0 aliphatic heterocycles. The second-order valence-electron chi connectivity index (χ2n) is 5.68. The zero-order valence-electron chi connectivity index (χ0n) is 13.8. The van der Waals surface area contributed by atoms with Crippen molar-refractivity contribution in [2.24, 2.45) is 0 Å². The van der Waals surface area contributed by atoms with E-state index < -0.39 is 0 Å². The Balaban J connectivity index is 1.72. The highest BCUT2D eigenvalue weighted by Crippen LogP contribution is 2.24. The van der Waals surface area contributed by atoms with Crippen molar-refractivity contribution in [3.8, 4) is 11.5 Å². The van der Waals surface area contributed by atoms with E-state index in [0.29, 0.717) is 19.0 Å². The fraction of sp³-hybridized carbons (Fsp3) is 0.368. The Bertz CT molecular complexity index is 645. The minimum Gasteiger partial charge on any atom is -0.493 e. The minimum absolute atomic E-state index is 0.240. The third-order valence-electron chi connectivity index (χ3n) is 3.60. The number of hydrogen-bond donors (Lipinski definition) is 0. The van der Waals surface area contributed by atoms with E-state index in [-0.39, 0.29) is 11.6 Å². The van der Waals surface area contributed by atoms with E-state index in [4.69, 9.17) is 9.47 Å². The van der Waals surface area contributed by atoms with Gasteiger partial charge < -0.3 is 9.47 Å². The van der Waals surface area contributed by atoms with Crippen LogP contribution in [0, 0.1) is 32.4 Å². The van der Waals surface area contributed by atoms with E-state index in [9.17, 15) is 8.78 Å². The molecular formula is C19H22F2O2. The van der Waals surface area contributed by atoms with Crippen LogP contribution in [0.4, 0.5) is 8.78 Å². The molecule has 0 saturated heterocycles. The van der Waals surface area contributed by atoms with Crippen LogP contribution in [0.25, 0.3) is 0 Å². The number of rotatable bonds is 7. The smallest absolute Gasteiger partial charge is 0.125 e. The van der Waals surface area contributed by atoms with Crippen molar-refractivity contribution in [2.75, 3.05) is 13.2 Å². The van der Waals surface area contributed by atoms with Crippen LogP contribution < -0.4 is 9.47 Å². The van der Waals surface area contributed by atoms with E-state index in [1.807, 2.05) is 20.8 Å². The summed E-state index contributed by atoms with van der Waals surface area (Å²) in [4.78, 5) is 0. The summed E-state index contributed by atoms with van der Waals surface area (Å²) in [6, 6.07) is 7.45. The first kappa shape index (κ1) is 17.3. The van der Waals surface area contributed by atoms with Gasteiger partial charge in [0.15, 0.2) is 0 Å². The van der Waals surface area contributed by atoms with Gasteiger partial charge in [0, 0.05) is 0 Å². The topological polar surface area (TPSA) is 18.5 Å². The molecule has 4 heteroatoms. The highest BCUT2D eigenvalue weighted by atomic mass is 19.1. The summed E-state index contributed by atoms with van der Waals surface area (Å²) in [6.45, 7) is 6.61. The van der Waals surface area contributed by atoms with Gasteiger partial charge in [0.1, 0.15) is 23.1 Å². The normalized spacial score (nSPS) is 10.7. The molecule has 0 heterocycles. The van der Waals surface area contributed by atoms with E-state index in [1.165, 1.54) is 24.3 Å². The lowest BCUT2D eigenvalue weighted by atomic mass is 10.1. The van der Waals surface area contributed by atoms with Crippen LogP contribution in [0.2, 0.25) is 0 Å². The average molecular weight is 320 g/mol. The second kappa shape index (κ2) is 7.95. The molecule has 23 heavy (non-hydrogen) atoms. The van der Waals surface area contributed by atoms with Gasteiger partial charge in [-0.05, 0) is 80.6 Å². The summed E-state index contributed by atoms with van der Waals surface area (Å²) in [6.07, 6.45) is 1.66. The Kier molecular flexibility index (Phi) is 5.97. The molecule has 0 saturated carbocycles. The maximum Gasteiger partial charge on any atom is 0.125 e. The standard InChI is InChI=1S/C19H22F2O2/c1-13-10-16(20)6-7-18(13)22-8-4-5-9-23-19-14(2)11-17(21)12-15(19)3/h6-7,10-12H,4-5,8-9H2,1-3H3. The Morgan fingerprint density at radius 3 is 1.91 bits per heavy atom. The van der Waals surface area contributed by atoms with Gasteiger partial charge in [-0.25, -0.2) is 8.78 Å². The van der Waals surface area contributed by atoms with Crippen molar-refractivity contribution in [3.05, 3.63) is 58.7 Å². The molecule has 0 aliphatic rings. The largest absolute Gasteiger partial charge is 0.493 e. The van der Waals surface area contributed by atoms with E-state index >= 15 is 0 Å². The molecule has 2 rings (SSSR count). The highest BCUT2D eigenvalue weighted by Gasteiger charge is 2.06. The molecule has 0 spiro atoms. The van der Waals surface area contributed by atoms with E-state index in [0.717, 1.165) is 35.3 Å². The lowest BCUT2D eigenvalue weighted by Crippen LogP contribution is -2.05. The fourth-order valence-corrected chi connectivity index (χ4v) is 2.46. The van der Waals surface area contributed by atoms with Crippen molar-refractivity contribution in [2.45, 2.75) is 33.6 Å². The van der Waals surface area contributed by atoms with Gasteiger partial charge in [-0.1, -0.05) is 0 Å². The third kappa shape index (κ3) is 4.95. The monoisotopic (exact) mass is 320 g/mol. The van der Waals surface area contributed by atoms with Crippen LogP contribution in [0.1, 0.15) is 29.5 Å². The quantitative estimate of drug-likeness (QED) is 0.659. The van der Waals surface area contributed by atoms with E-state index in [2.05, 4.69) is 0 Å². The summed E-state index contributed by atoms with van der Waals surface area (Å²) < 4.78 is 37.6. The molecule has 0 bridgehead atoms. The molecule has 0 aliphatic carbocycles. The zero-order valence-corrected chi connectivity index (χ0v) is 13.8. The van der Waals surface area contributed by atoms with Gasteiger partial charge >= 0.3 is 0 Å². The summed E-state index contributed by atoms with van der Waals surface area (Å²) in [5, 5.41) is 0. The third-order valence-corrected chi connectivity index (χ3v) is 3.60. The predicted molar refractivity (Wildman–Crippen MR) is 87.2 cm³/mol. The lowest BCUT2D eigenvalue weighted by molar-refractivity contribution is 0.263. The van der Waals surface area contributed by atoms with Crippen LogP contribution in [0.15, 0.2) is 30.3 Å². The number of unbranched alkanes of at least 4 members (excludes halogenated alkanes) is 1. The van der Waals surface area contributed by atoms with Crippen LogP contribution in [0.3, 0.4) is 0 Å². The summed E-state index contributed by atoms with van der Waals surface area (Å²) in [5.74, 6) is 0.961. The Hall–Kier alpha value is -2.10. The molecule has 2 aromatic rings. The predicted octanol–water partition coefficient (Wildman–Crippen LogP) is 5.13. The van der Waals surface area contributed by atoms with Crippen molar-refractivity contribution in [1.29, 1.82) is 0 Å². The first-order chi connectivity index (χ1) is 11.0. The maximum atomic E-state index is 13.2. The van der Waals surface area contributed by atoms with Crippen molar-refractivity contribution >= 4 is 0 Å². The van der Waals surface area contributed by atoms with Crippen molar-refractivity contribution < 1.29 is 18.3 Å².